The molecule has 3 rings (SSSR count). The van der Waals surface area contributed by atoms with Crippen molar-refractivity contribution in [2.45, 2.75) is 46.1 Å². The van der Waals surface area contributed by atoms with Gasteiger partial charge < -0.3 is 52.7 Å². The molecule has 0 saturated heterocycles. The predicted molar refractivity (Wildman–Crippen MR) is 201 cm³/mol. The molecule has 55 heavy (non-hydrogen) atoms. The van der Waals surface area contributed by atoms with Gasteiger partial charge in [0, 0.05) is 5.69 Å². The molecule has 0 aliphatic carbocycles. The van der Waals surface area contributed by atoms with Crippen LogP contribution in [0, 0.1) is 0 Å². The molecular weight excluding hydrogens is 718 g/mol. The molecule has 1 aromatic heterocycles. The van der Waals surface area contributed by atoms with Crippen molar-refractivity contribution >= 4 is 17.9 Å². The van der Waals surface area contributed by atoms with Crippen LogP contribution in [0.1, 0.15) is 32.0 Å². The molecule has 0 unspecified atom stereocenters. The van der Waals surface area contributed by atoms with E-state index in [1.807, 2.05) is 30.3 Å². The second-order valence-corrected chi connectivity index (χ2v) is 12.7. The van der Waals surface area contributed by atoms with Gasteiger partial charge in [0.2, 0.25) is 0 Å². The minimum absolute atomic E-state index is 0.206. The van der Waals surface area contributed by atoms with Crippen molar-refractivity contribution in [2.75, 3.05) is 104 Å². The third-order valence-electron chi connectivity index (χ3n) is 6.91. The fourth-order valence-corrected chi connectivity index (χ4v) is 4.32. The van der Waals surface area contributed by atoms with Crippen molar-refractivity contribution in [1.82, 2.24) is 20.3 Å². The SMILES string of the molecule is CC(C)(C)OC(=O)NCc1cn(CCOCCOCCOCCOCCOCCOCCOCCOc2ccc(NC(=O)OCc3ccccc3)cc2)nn1. The van der Waals surface area contributed by atoms with E-state index in [1.54, 1.807) is 55.9 Å². The smallest absolute Gasteiger partial charge is 0.411 e. The monoisotopic (exact) mass is 775 g/mol. The van der Waals surface area contributed by atoms with Crippen molar-refractivity contribution in [3.8, 4) is 5.75 Å². The summed E-state index contributed by atoms with van der Waals surface area (Å²) in [7, 11) is 0. The normalized spacial score (nSPS) is 11.3. The van der Waals surface area contributed by atoms with E-state index >= 15 is 0 Å². The number of hydrogen-bond acceptors (Lipinski definition) is 14. The van der Waals surface area contributed by atoms with Gasteiger partial charge in [0.25, 0.3) is 0 Å². The third kappa shape index (κ3) is 23.9. The van der Waals surface area contributed by atoms with E-state index in [4.69, 9.17) is 47.4 Å². The summed E-state index contributed by atoms with van der Waals surface area (Å²) < 4.78 is 56.4. The summed E-state index contributed by atoms with van der Waals surface area (Å²) in [6.45, 7) is 13.2. The Balaban J connectivity index is 0.986. The summed E-state index contributed by atoms with van der Waals surface area (Å²) in [5.41, 5.74) is 1.61. The van der Waals surface area contributed by atoms with Gasteiger partial charge in [-0.1, -0.05) is 35.5 Å². The zero-order valence-electron chi connectivity index (χ0n) is 32.2. The number of aromatic nitrogens is 3. The second-order valence-electron chi connectivity index (χ2n) is 12.7. The Morgan fingerprint density at radius 1 is 0.636 bits per heavy atom. The highest BCUT2D eigenvalue weighted by atomic mass is 16.6. The minimum Gasteiger partial charge on any atom is -0.491 e. The van der Waals surface area contributed by atoms with Crippen molar-refractivity contribution in [2.24, 2.45) is 0 Å². The lowest BCUT2D eigenvalue weighted by Crippen LogP contribution is -2.32. The second kappa shape index (κ2) is 28.1. The Hall–Kier alpha value is -4.36. The average Bonchev–Trinajstić information content (AvgIpc) is 3.63. The molecular formula is C38H57N5O12. The lowest BCUT2D eigenvalue weighted by molar-refractivity contribution is -0.0214. The fraction of sp³-hybridized carbons (Fsp3) is 0.579. The van der Waals surface area contributed by atoms with Crippen LogP contribution in [0.25, 0.3) is 0 Å². The standard InChI is InChI=1S/C38H57N5O12/c1-38(2,3)55-36(44)39-29-34-30-43(42-41-34)13-14-46-15-16-47-17-18-48-19-20-49-21-22-50-23-24-51-25-26-52-27-28-53-35-11-9-33(10-12-35)40-37(45)54-31-32-7-5-4-6-8-32/h4-12,30H,13-29,31H2,1-3H3,(H,39,44)(H,40,45). The topological polar surface area (TPSA) is 181 Å². The number of ether oxygens (including phenoxy) is 10. The first-order valence-corrected chi connectivity index (χ1v) is 18.4. The number of nitrogens with zero attached hydrogens (tertiary/aromatic N) is 3. The van der Waals surface area contributed by atoms with Crippen LogP contribution in [0.2, 0.25) is 0 Å². The molecule has 0 radical (unpaired) electrons. The maximum absolute atomic E-state index is 12.0. The largest absolute Gasteiger partial charge is 0.491 e. The lowest BCUT2D eigenvalue weighted by atomic mass is 10.2. The maximum atomic E-state index is 12.0. The van der Waals surface area contributed by atoms with E-state index in [0.29, 0.717) is 123 Å². The number of carbonyl (C=O) groups excluding carboxylic acids is 2. The minimum atomic E-state index is -0.554. The first-order valence-electron chi connectivity index (χ1n) is 18.4. The van der Waals surface area contributed by atoms with Crippen LogP contribution < -0.4 is 15.4 Å². The van der Waals surface area contributed by atoms with Gasteiger partial charge in [-0.25, -0.2) is 14.3 Å². The van der Waals surface area contributed by atoms with Gasteiger partial charge in [-0.3, -0.25) is 5.32 Å². The molecule has 0 bridgehead atoms. The highest BCUT2D eigenvalue weighted by Crippen LogP contribution is 2.16. The van der Waals surface area contributed by atoms with Crippen LogP contribution in [0.15, 0.2) is 60.8 Å². The number of carbonyl (C=O) groups is 2. The quantitative estimate of drug-likeness (QED) is 0.0918. The molecule has 0 atom stereocenters. The number of benzene rings is 2. The van der Waals surface area contributed by atoms with Crippen molar-refractivity contribution in [3.05, 3.63) is 72.1 Å². The molecule has 0 aliphatic rings. The number of rotatable bonds is 30. The Morgan fingerprint density at radius 2 is 1.15 bits per heavy atom. The zero-order chi connectivity index (χ0) is 39.2. The molecule has 0 saturated carbocycles. The van der Waals surface area contributed by atoms with Crippen molar-refractivity contribution in [3.63, 3.8) is 0 Å². The molecule has 2 N–H and O–H groups in total. The van der Waals surface area contributed by atoms with E-state index in [9.17, 15) is 9.59 Å². The van der Waals surface area contributed by atoms with E-state index in [2.05, 4.69) is 20.9 Å². The molecule has 3 aromatic rings. The van der Waals surface area contributed by atoms with E-state index in [0.717, 1.165) is 5.56 Å². The molecule has 2 aromatic carbocycles. The summed E-state index contributed by atoms with van der Waals surface area (Å²) >= 11 is 0. The summed E-state index contributed by atoms with van der Waals surface area (Å²) in [6, 6.07) is 16.5. The molecule has 2 amide bonds. The molecule has 17 nitrogen and oxygen atoms in total. The van der Waals surface area contributed by atoms with Crippen molar-refractivity contribution in [1.29, 1.82) is 0 Å². The lowest BCUT2D eigenvalue weighted by Gasteiger charge is -2.19. The Bertz CT molecular complexity index is 1420. The average molecular weight is 776 g/mol. The van der Waals surface area contributed by atoms with E-state index in [1.165, 1.54) is 0 Å². The van der Waals surface area contributed by atoms with E-state index in [-0.39, 0.29) is 13.2 Å². The van der Waals surface area contributed by atoms with Gasteiger partial charge in [0.1, 0.15) is 30.3 Å². The van der Waals surface area contributed by atoms with Crippen LogP contribution >= 0.6 is 0 Å². The zero-order valence-corrected chi connectivity index (χ0v) is 32.2. The van der Waals surface area contributed by atoms with Crippen LogP contribution in [-0.2, 0) is 62.3 Å². The van der Waals surface area contributed by atoms with Crippen LogP contribution in [0.4, 0.5) is 15.3 Å². The molecule has 17 heteroatoms. The predicted octanol–water partition coefficient (Wildman–Crippen LogP) is 4.25. The van der Waals surface area contributed by atoms with Crippen LogP contribution in [0.5, 0.6) is 5.75 Å². The molecule has 0 spiro atoms. The highest BCUT2D eigenvalue weighted by molar-refractivity contribution is 5.84. The molecule has 0 fully saturated rings. The van der Waals surface area contributed by atoms with E-state index < -0.39 is 17.8 Å². The summed E-state index contributed by atoms with van der Waals surface area (Å²) in [5.74, 6) is 0.669. The third-order valence-corrected chi connectivity index (χ3v) is 6.91. The summed E-state index contributed by atoms with van der Waals surface area (Å²) in [5, 5.41) is 13.4. The van der Waals surface area contributed by atoms with Crippen molar-refractivity contribution < 1.29 is 57.0 Å². The highest BCUT2D eigenvalue weighted by Gasteiger charge is 2.16. The first kappa shape index (κ1) is 45.0. The van der Waals surface area contributed by atoms with Gasteiger partial charge >= 0.3 is 12.2 Å². The van der Waals surface area contributed by atoms with Crippen LogP contribution in [-0.4, -0.2) is 132 Å². The van der Waals surface area contributed by atoms with Gasteiger partial charge in [-0.05, 0) is 50.6 Å². The fourth-order valence-electron chi connectivity index (χ4n) is 4.32. The summed E-state index contributed by atoms with van der Waals surface area (Å²) in [6.07, 6.45) is 0.732. The molecule has 306 valence electrons. The number of nitrogens with one attached hydrogen (secondary N) is 2. The Kier molecular flexibility index (Phi) is 23.0. The Morgan fingerprint density at radius 3 is 1.67 bits per heavy atom. The van der Waals surface area contributed by atoms with Gasteiger partial charge in [0.05, 0.1) is 112 Å². The number of hydrogen-bond donors (Lipinski definition) is 2. The number of anilines is 1. The Labute approximate surface area is 323 Å². The molecule has 0 aliphatic heterocycles. The van der Waals surface area contributed by atoms with Crippen LogP contribution in [0.3, 0.4) is 0 Å². The van der Waals surface area contributed by atoms with Gasteiger partial charge in [-0.2, -0.15) is 0 Å². The number of alkyl carbamates (subject to hydrolysis) is 1. The van der Waals surface area contributed by atoms with Gasteiger partial charge in [-0.15, -0.1) is 5.10 Å². The molecule has 1 heterocycles. The number of amides is 2. The maximum Gasteiger partial charge on any atom is 0.411 e. The first-order chi connectivity index (χ1) is 26.8. The summed E-state index contributed by atoms with van der Waals surface area (Å²) in [4.78, 5) is 23.7. The van der Waals surface area contributed by atoms with Gasteiger partial charge in [0.15, 0.2) is 0 Å².